The first-order valence-corrected chi connectivity index (χ1v) is 6.08. The van der Waals surface area contributed by atoms with Crippen molar-refractivity contribution in [3.05, 3.63) is 40.9 Å². The molecule has 0 radical (unpaired) electrons. The molecule has 18 heavy (non-hydrogen) atoms. The van der Waals surface area contributed by atoms with E-state index in [9.17, 15) is 5.11 Å². The van der Waals surface area contributed by atoms with E-state index >= 15 is 0 Å². The van der Waals surface area contributed by atoms with Crippen molar-refractivity contribution in [3.8, 4) is 17.2 Å². The molecular weight excluding hydrogens is 296 g/mol. The summed E-state index contributed by atoms with van der Waals surface area (Å²) in [6.45, 7) is 0. The van der Waals surface area contributed by atoms with Gasteiger partial charge in [0.05, 0.1) is 10.2 Å². The average Bonchev–Trinajstić information content (AvgIpc) is 2.78. The summed E-state index contributed by atoms with van der Waals surface area (Å²) < 4.78 is 6.52. The Morgan fingerprint density at radius 2 is 2.06 bits per heavy atom. The van der Waals surface area contributed by atoms with Crippen molar-refractivity contribution < 1.29 is 9.52 Å². The first-order chi connectivity index (χ1) is 8.65. The molecule has 1 heterocycles. The van der Waals surface area contributed by atoms with Crippen LogP contribution in [0.5, 0.6) is 5.75 Å². The largest absolute Gasteiger partial charge is 0.506 e. The monoisotopic (exact) mass is 304 g/mol. The normalized spacial score (nSPS) is 10.9. The van der Waals surface area contributed by atoms with Gasteiger partial charge in [0.2, 0.25) is 5.89 Å². The van der Waals surface area contributed by atoms with E-state index in [0.29, 0.717) is 22.7 Å². The van der Waals surface area contributed by atoms with Crippen LogP contribution < -0.4 is 5.73 Å². The summed E-state index contributed by atoms with van der Waals surface area (Å²) in [7, 11) is 0. The maximum atomic E-state index is 9.59. The zero-order valence-corrected chi connectivity index (χ0v) is 10.8. The van der Waals surface area contributed by atoms with Crippen LogP contribution in [-0.4, -0.2) is 10.1 Å². The van der Waals surface area contributed by atoms with Crippen molar-refractivity contribution in [2.24, 2.45) is 0 Å². The first-order valence-electron chi connectivity index (χ1n) is 5.29. The summed E-state index contributed by atoms with van der Waals surface area (Å²) in [5, 5.41) is 9.59. The molecule has 3 rings (SSSR count). The highest BCUT2D eigenvalue weighted by Gasteiger charge is 2.11. The van der Waals surface area contributed by atoms with Gasteiger partial charge in [-0.25, -0.2) is 4.98 Å². The second-order valence-corrected chi connectivity index (χ2v) is 4.74. The van der Waals surface area contributed by atoms with Gasteiger partial charge in [-0.3, -0.25) is 0 Å². The topological polar surface area (TPSA) is 72.3 Å². The molecule has 0 amide bonds. The molecule has 0 aliphatic heterocycles. The van der Waals surface area contributed by atoms with Gasteiger partial charge in [0.1, 0.15) is 11.3 Å². The molecule has 0 unspecified atom stereocenters. The number of benzene rings is 2. The molecule has 0 spiro atoms. The second-order valence-electron chi connectivity index (χ2n) is 3.88. The molecule has 90 valence electrons. The highest BCUT2D eigenvalue weighted by molar-refractivity contribution is 9.10. The predicted molar refractivity (Wildman–Crippen MR) is 73.2 cm³/mol. The second kappa shape index (κ2) is 4.03. The fourth-order valence-corrected chi connectivity index (χ4v) is 2.15. The van der Waals surface area contributed by atoms with Crippen LogP contribution in [0.15, 0.2) is 45.3 Å². The molecule has 0 bridgehead atoms. The van der Waals surface area contributed by atoms with Crippen molar-refractivity contribution in [1.82, 2.24) is 4.98 Å². The van der Waals surface area contributed by atoms with Gasteiger partial charge in [0.25, 0.3) is 0 Å². The predicted octanol–water partition coefficient (Wildman–Crippen LogP) is 3.55. The van der Waals surface area contributed by atoms with Gasteiger partial charge in [-0.05, 0) is 46.3 Å². The van der Waals surface area contributed by atoms with Gasteiger partial charge in [0.15, 0.2) is 5.58 Å². The number of anilines is 1. The lowest BCUT2D eigenvalue weighted by atomic mass is 10.2. The van der Waals surface area contributed by atoms with E-state index in [1.165, 1.54) is 6.07 Å². The Hall–Kier alpha value is -2.01. The van der Waals surface area contributed by atoms with Gasteiger partial charge in [-0.15, -0.1) is 0 Å². The Morgan fingerprint density at radius 3 is 2.78 bits per heavy atom. The Labute approximate surface area is 111 Å². The van der Waals surface area contributed by atoms with E-state index in [1.54, 1.807) is 12.1 Å². The quantitative estimate of drug-likeness (QED) is 0.533. The van der Waals surface area contributed by atoms with Crippen LogP contribution in [0.3, 0.4) is 0 Å². The SMILES string of the molecule is Nc1ccc(-c2nc3cccc(Br)c3o2)cc1O. The molecule has 0 aliphatic carbocycles. The molecule has 0 fully saturated rings. The number of hydrogen-bond donors (Lipinski definition) is 2. The maximum Gasteiger partial charge on any atom is 0.227 e. The van der Waals surface area contributed by atoms with Gasteiger partial charge < -0.3 is 15.3 Å². The number of oxazole rings is 1. The van der Waals surface area contributed by atoms with E-state index in [1.807, 2.05) is 18.2 Å². The van der Waals surface area contributed by atoms with Gasteiger partial charge >= 0.3 is 0 Å². The lowest BCUT2D eigenvalue weighted by Crippen LogP contribution is -1.85. The van der Waals surface area contributed by atoms with Gasteiger partial charge in [-0.1, -0.05) is 6.07 Å². The third-order valence-corrected chi connectivity index (χ3v) is 3.27. The Balaban J connectivity index is 2.19. The van der Waals surface area contributed by atoms with Crippen LogP contribution in [0.25, 0.3) is 22.6 Å². The number of phenolic OH excluding ortho intramolecular Hbond substituents is 1. The molecular formula is C13H9BrN2O2. The summed E-state index contributed by atoms with van der Waals surface area (Å²) in [6.07, 6.45) is 0. The van der Waals surface area contributed by atoms with Crippen LogP contribution in [0, 0.1) is 0 Å². The Kier molecular flexibility index (Phi) is 2.48. The maximum absolute atomic E-state index is 9.59. The molecule has 5 heteroatoms. The highest BCUT2D eigenvalue weighted by atomic mass is 79.9. The van der Waals surface area contributed by atoms with Crippen molar-refractivity contribution in [2.45, 2.75) is 0 Å². The van der Waals surface area contributed by atoms with E-state index in [0.717, 1.165) is 9.99 Å². The summed E-state index contributed by atoms with van der Waals surface area (Å²) in [4.78, 5) is 4.37. The van der Waals surface area contributed by atoms with E-state index in [4.69, 9.17) is 10.2 Å². The van der Waals surface area contributed by atoms with Crippen molar-refractivity contribution in [3.63, 3.8) is 0 Å². The lowest BCUT2D eigenvalue weighted by Gasteiger charge is -1.99. The zero-order valence-electron chi connectivity index (χ0n) is 9.22. The van der Waals surface area contributed by atoms with Crippen LogP contribution in [0.1, 0.15) is 0 Å². The number of hydrogen-bond acceptors (Lipinski definition) is 4. The standard InChI is InChI=1S/C13H9BrN2O2/c14-8-2-1-3-10-12(8)18-13(16-10)7-4-5-9(15)11(17)6-7/h1-6,17H,15H2. The fraction of sp³-hybridized carbons (Fsp3) is 0. The molecule has 0 saturated carbocycles. The molecule has 1 aromatic heterocycles. The van der Waals surface area contributed by atoms with Crippen molar-refractivity contribution in [1.29, 1.82) is 0 Å². The number of phenols is 1. The summed E-state index contributed by atoms with van der Waals surface area (Å²) >= 11 is 3.41. The molecule has 2 aromatic carbocycles. The highest BCUT2D eigenvalue weighted by Crippen LogP contribution is 2.32. The number of para-hydroxylation sites is 1. The van der Waals surface area contributed by atoms with Crippen LogP contribution in [-0.2, 0) is 0 Å². The number of nitrogens with zero attached hydrogens (tertiary/aromatic N) is 1. The molecule has 0 aliphatic rings. The number of halogens is 1. The van der Waals surface area contributed by atoms with E-state index in [-0.39, 0.29) is 5.75 Å². The molecule has 0 atom stereocenters. The number of fused-ring (bicyclic) bond motifs is 1. The number of aromatic nitrogens is 1. The van der Waals surface area contributed by atoms with Gasteiger partial charge in [0, 0.05) is 5.56 Å². The number of nitrogens with two attached hydrogens (primary N) is 1. The summed E-state index contributed by atoms with van der Waals surface area (Å²) in [5.41, 5.74) is 8.02. The molecule has 4 nitrogen and oxygen atoms in total. The average molecular weight is 305 g/mol. The minimum absolute atomic E-state index is 0.0221. The minimum atomic E-state index is 0.0221. The van der Waals surface area contributed by atoms with Gasteiger partial charge in [-0.2, -0.15) is 0 Å². The fourth-order valence-electron chi connectivity index (χ4n) is 1.72. The number of nitrogen functional groups attached to an aromatic ring is 1. The lowest BCUT2D eigenvalue weighted by molar-refractivity contribution is 0.478. The molecule has 3 aromatic rings. The van der Waals surface area contributed by atoms with Crippen LogP contribution >= 0.6 is 15.9 Å². The summed E-state index contributed by atoms with van der Waals surface area (Å²) in [6, 6.07) is 10.6. The Morgan fingerprint density at radius 1 is 1.22 bits per heavy atom. The molecule has 3 N–H and O–H groups in total. The van der Waals surface area contributed by atoms with E-state index in [2.05, 4.69) is 20.9 Å². The first kappa shape index (κ1) is 11.1. The zero-order chi connectivity index (χ0) is 12.7. The van der Waals surface area contributed by atoms with Crippen molar-refractivity contribution in [2.75, 3.05) is 5.73 Å². The van der Waals surface area contributed by atoms with Crippen molar-refractivity contribution >= 4 is 32.7 Å². The van der Waals surface area contributed by atoms with Crippen LogP contribution in [0.2, 0.25) is 0 Å². The minimum Gasteiger partial charge on any atom is -0.506 e. The van der Waals surface area contributed by atoms with E-state index < -0.39 is 0 Å². The summed E-state index contributed by atoms with van der Waals surface area (Å²) in [5.74, 6) is 0.473. The third-order valence-electron chi connectivity index (χ3n) is 2.64. The van der Waals surface area contributed by atoms with Crippen LogP contribution in [0.4, 0.5) is 5.69 Å². The Bertz CT molecular complexity index is 737. The smallest absolute Gasteiger partial charge is 0.227 e. The molecule has 0 saturated heterocycles. The number of aromatic hydroxyl groups is 1. The number of rotatable bonds is 1. The third kappa shape index (κ3) is 1.73.